The van der Waals surface area contributed by atoms with Gasteiger partial charge in [-0.3, -0.25) is 0 Å². The van der Waals surface area contributed by atoms with E-state index in [2.05, 4.69) is 179 Å². The van der Waals surface area contributed by atoms with Gasteiger partial charge < -0.3 is 9.47 Å². The number of hydrogen-bond acceptors (Lipinski definition) is 2. The summed E-state index contributed by atoms with van der Waals surface area (Å²) in [5, 5.41) is 12.8. The Bertz CT molecular complexity index is 3050. The van der Waals surface area contributed by atoms with Crippen molar-refractivity contribution in [1.82, 2.24) is 4.57 Å². The predicted octanol–water partition coefficient (Wildman–Crippen LogP) is 13.5. The number of aromatic nitrogens is 1. The Morgan fingerprint density at radius 3 is 2.00 bits per heavy atom. The van der Waals surface area contributed by atoms with Gasteiger partial charge in [0.2, 0.25) is 0 Å². The lowest BCUT2D eigenvalue weighted by atomic mass is 10.00. The normalized spacial score (nSPS) is 12.1. The van der Waals surface area contributed by atoms with Crippen LogP contribution < -0.4 is 4.90 Å². The van der Waals surface area contributed by atoms with Gasteiger partial charge in [0.25, 0.3) is 0 Å². The molecule has 0 saturated heterocycles. The molecule has 0 aliphatic rings. The zero-order chi connectivity index (χ0) is 32.1. The van der Waals surface area contributed by atoms with Crippen LogP contribution in [-0.4, -0.2) is 4.57 Å². The third kappa shape index (κ3) is 3.82. The lowest BCUT2D eigenvalue weighted by Gasteiger charge is -2.27. The first-order valence-electron chi connectivity index (χ1n) is 16.8. The summed E-state index contributed by atoms with van der Waals surface area (Å²) in [5.41, 5.74) is 7.25. The smallest absolute Gasteiger partial charge is 0.0726 e. The molecule has 0 aliphatic heterocycles. The molecule has 2 nitrogen and oxygen atoms in total. The van der Waals surface area contributed by atoms with E-state index in [0.29, 0.717) is 0 Å². The van der Waals surface area contributed by atoms with E-state index in [9.17, 15) is 0 Å². The first-order valence-corrected chi connectivity index (χ1v) is 17.6. The van der Waals surface area contributed by atoms with Crippen LogP contribution in [0.4, 0.5) is 17.1 Å². The van der Waals surface area contributed by atoms with Gasteiger partial charge in [-0.1, -0.05) is 121 Å². The third-order valence-electron chi connectivity index (χ3n) is 10.3. The number of hydrogen-bond donors (Lipinski definition) is 0. The Morgan fingerprint density at radius 2 is 1.12 bits per heavy atom. The van der Waals surface area contributed by atoms with E-state index in [4.69, 9.17) is 0 Å². The minimum atomic E-state index is 1.14. The Labute approximate surface area is 286 Å². The maximum absolute atomic E-state index is 2.54. The summed E-state index contributed by atoms with van der Waals surface area (Å²) in [7, 11) is 0. The quantitative estimate of drug-likeness (QED) is 0.174. The molecule has 11 aromatic rings. The summed E-state index contributed by atoms with van der Waals surface area (Å²) in [6.07, 6.45) is 0. The standard InChI is InChI=1S/C46H28N2S/c1-2-16-33(17-3-1)47(39-20-8-13-29-11-4-6-18-35(29)39)34-25-26-37-38-27-32-24-23-31-15-10-22-41-43(31)44(32)45(46(38)49-42(37)28-34)48(41)40-21-9-14-30-12-5-7-19-36(30)40/h1-28H. The van der Waals surface area contributed by atoms with Crippen LogP contribution >= 0.6 is 11.3 Å². The monoisotopic (exact) mass is 640 g/mol. The van der Waals surface area contributed by atoms with Crippen LogP contribution in [-0.2, 0) is 0 Å². The van der Waals surface area contributed by atoms with E-state index < -0.39 is 0 Å². The van der Waals surface area contributed by atoms with Gasteiger partial charge in [-0.05, 0) is 70.1 Å². The van der Waals surface area contributed by atoms with Crippen molar-refractivity contribution in [3.63, 3.8) is 0 Å². The first kappa shape index (κ1) is 26.9. The average Bonchev–Trinajstić information content (AvgIpc) is 3.70. The molecule has 2 heterocycles. The molecule has 0 N–H and O–H groups in total. The van der Waals surface area contributed by atoms with Gasteiger partial charge in [-0.2, -0.15) is 0 Å². The van der Waals surface area contributed by atoms with E-state index >= 15 is 0 Å². The Hall–Kier alpha value is -6.16. The van der Waals surface area contributed by atoms with Crippen molar-refractivity contribution < 1.29 is 0 Å². The highest BCUT2D eigenvalue weighted by Crippen LogP contribution is 2.49. The van der Waals surface area contributed by atoms with Crippen molar-refractivity contribution >= 4 is 103 Å². The molecule has 11 rings (SSSR count). The van der Waals surface area contributed by atoms with Crippen LogP contribution in [0.5, 0.6) is 0 Å². The van der Waals surface area contributed by atoms with Crippen molar-refractivity contribution in [2.75, 3.05) is 4.90 Å². The van der Waals surface area contributed by atoms with Crippen LogP contribution in [0.15, 0.2) is 170 Å². The second-order valence-corrected chi connectivity index (χ2v) is 14.0. The molecule has 3 heteroatoms. The van der Waals surface area contributed by atoms with Gasteiger partial charge >= 0.3 is 0 Å². The van der Waals surface area contributed by atoms with E-state index in [0.717, 1.165) is 11.4 Å². The minimum Gasteiger partial charge on any atom is -0.310 e. The number of thiophene rings is 1. The lowest BCUT2D eigenvalue weighted by molar-refractivity contribution is 1.21. The molecule has 0 unspecified atom stereocenters. The molecule has 0 bridgehead atoms. The van der Waals surface area contributed by atoms with E-state index in [1.165, 1.54) is 85.7 Å². The second-order valence-electron chi connectivity index (χ2n) is 12.9. The summed E-state index contributed by atoms with van der Waals surface area (Å²) in [6.45, 7) is 0. The number of rotatable bonds is 4. The summed E-state index contributed by atoms with van der Waals surface area (Å²) in [4.78, 5) is 2.41. The number of nitrogens with zero attached hydrogens (tertiary/aromatic N) is 2. The maximum atomic E-state index is 2.54. The molecular formula is C46H28N2S. The minimum absolute atomic E-state index is 1.14. The van der Waals surface area contributed by atoms with Gasteiger partial charge in [0.15, 0.2) is 0 Å². The SMILES string of the molecule is c1ccc(N(c2ccc3c(c2)sc2c3cc3ccc4cccc5c4c3c2n5-c2cccc3ccccc23)c2cccc3ccccc23)cc1. The van der Waals surface area contributed by atoms with Gasteiger partial charge in [-0.25, -0.2) is 0 Å². The summed E-state index contributed by atoms with van der Waals surface area (Å²) in [6, 6.07) is 62.3. The molecule has 0 radical (unpaired) electrons. The van der Waals surface area contributed by atoms with Crippen LogP contribution in [0.3, 0.4) is 0 Å². The van der Waals surface area contributed by atoms with Crippen LogP contribution in [0.25, 0.3) is 80.0 Å². The van der Waals surface area contributed by atoms with Crippen molar-refractivity contribution in [3.05, 3.63) is 170 Å². The molecular weight excluding hydrogens is 613 g/mol. The summed E-state index contributed by atoms with van der Waals surface area (Å²) >= 11 is 1.91. The van der Waals surface area contributed by atoms with Gasteiger partial charge in [0, 0.05) is 48.4 Å². The Kier molecular flexibility index (Phi) is 5.57. The zero-order valence-electron chi connectivity index (χ0n) is 26.5. The summed E-state index contributed by atoms with van der Waals surface area (Å²) < 4.78 is 5.15. The fraction of sp³-hybridized carbons (Fsp3) is 0. The number of anilines is 3. The van der Waals surface area contributed by atoms with Crippen LogP contribution in [0.1, 0.15) is 0 Å². The largest absolute Gasteiger partial charge is 0.310 e. The lowest BCUT2D eigenvalue weighted by Crippen LogP contribution is -2.10. The van der Waals surface area contributed by atoms with E-state index in [1.54, 1.807) is 0 Å². The highest BCUT2D eigenvalue weighted by atomic mass is 32.1. The van der Waals surface area contributed by atoms with Gasteiger partial charge in [0.05, 0.1) is 27.1 Å². The number of fused-ring (bicyclic) bond motifs is 6. The zero-order valence-corrected chi connectivity index (χ0v) is 27.3. The van der Waals surface area contributed by atoms with Gasteiger partial charge in [-0.15, -0.1) is 11.3 Å². The van der Waals surface area contributed by atoms with Crippen molar-refractivity contribution in [3.8, 4) is 5.69 Å². The summed E-state index contributed by atoms with van der Waals surface area (Å²) in [5.74, 6) is 0. The Morgan fingerprint density at radius 1 is 0.429 bits per heavy atom. The van der Waals surface area contributed by atoms with Gasteiger partial charge in [0.1, 0.15) is 0 Å². The molecule has 49 heavy (non-hydrogen) atoms. The van der Waals surface area contributed by atoms with E-state index in [-0.39, 0.29) is 0 Å². The second kappa shape index (κ2) is 10.2. The van der Waals surface area contributed by atoms with Crippen molar-refractivity contribution in [2.45, 2.75) is 0 Å². The predicted molar refractivity (Wildman–Crippen MR) is 212 cm³/mol. The topological polar surface area (TPSA) is 8.17 Å². The number of para-hydroxylation sites is 1. The van der Waals surface area contributed by atoms with Crippen molar-refractivity contribution in [2.24, 2.45) is 0 Å². The van der Waals surface area contributed by atoms with E-state index in [1.807, 2.05) is 11.3 Å². The van der Waals surface area contributed by atoms with Crippen LogP contribution in [0.2, 0.25) is 0 Å². The fourth-order valence-electron chi connectivity index (χ4n) is 8.17. The molecule has 228 valence electrons. The molecule has 0 aliphatic carbocycles. The molecule has 9 aromatic carbocycles. The highest BCUT2D eigenvalue weighted by Gasteiger charge is 2.23. The molecule has 0 fully saturated rings. The molecule has 0 amide bonds. The third-order valence-corrected chi connectivity index (χ3v) is 11.4. The Balaban J connectivity index is 1.23. The first-order chi connectivity index (χ1) is 24.3. The average molecular weight is 641 g/mol. The van der Waals surface area contributed by atoms with Crippen molar-refractivity contribution in [1.29, 1.82) is 0 Å². The fourth-order valence-corrected chi connectivity index (χ4v) is 9.42. The molecule has 0 spiro atoms. The maximum Gasteiger partial charge on any atom is 0.0726 e. The molecule has 2 aromatic heterocycles. The molecule has 0 atom stereocenters. The highest BCUT2D eigenvalue weighted by molar-refractivity contribution is 7.26. The van der Waals surface area contributed by atoms with Crippen LogP contribution in [0, 0.1) is 0 Å². The molecule has 0 saturated carbocycles. The number of benzene rings is 9.